The van der Waals surface area contributed by atoms with Crippen LogP contribution in [-0.2, 0) is 34.5 Å². The lowest BCUT2D eigenvalue weighted by Crippen LogP contribution is -2.43. The summed E-state index contributed by atoms with van der Waals surface area (Å²) < 4.78 is 34.7. The first-order valence-corrected chi connectivity index (χ1v) is 16.1. The molecule has 1 aliphatic rings. The molecule has 0 saturated carbocycles. The van der Waals surface area contributed by atoms with Crippen LogP contribution in [0.4, 0.5) is 0 Å². The number of nitrogens with one attached hydrogen (secondary N) is 1. The van der Waals surface area contributed by atoms with Gasteiger partial charge in [-0.25, -0.2) is 8.42 Å². The van der Waals surface area contributed by atoms with Gasteiger partial charge in [-0.05, 0) is 60.0 Å². The zero-order valence-electron chi connectivity index (χ0n) is 24.6. The average Bonchev–Trinajstić information content (AvgIpc) is 2.97. The zero-order valence-corrected chi connectivity index (χ0v) is 26.2. The second-order valence-corrected chi connectivity index (χ2v) is 13.6. The molecule has 1 amide bonds. The standard InChI is InChI=1S/C32H41ClN4O4S/c1-25(2)24-41-29-12-8-27(9-13-29)22-37(23-32(38)34-20-28-6-4-5-7-31(28)33)42(39,40)30-14-10-26(11-15-30)21-36-18-16-35(3)17-19-36/h4-15,25H,16-24H2,1-3H3,(H,34,38). The largest absolute Gasteiger partial charge is 0.493 e. The Balaban J connectivity index is 1.49. The van der Waals surface area contributed by atoms with Gasteiger partial charge in [-0.1, -0.05) is 67.9 Å². The van der Waals surface area contributed by atoms with E-state index in [2.05, 4.69) is 36.0 Å². The summed E-state index contributed by atoms with van der Waals surface area (Å²) in [7, 11) is -1.86. The van der Waals surface area contributed by atoms with Crippen LogP contribution in [0.2, 0.25) is 5.02 Å². The van der Waals surface area contributed by atoms with Gasteiger partial charge in [-0.3, -0.25) is 9.69 Å². The number of carbonyl (C=O) groups is 1. The van der Waals surface area contributed by atoms with E-state index in [1.807, 2.05) is 54.6 Å². The monoisotopic (exact) mass is 612 g/mol. The molecule has 1 aliphatic heterocycles. The summed E-state index contributed by atoms with van der Waals surface area (Å²) in [5.74, 6) is 0.694. The summed E-state index contributed by atoms with van der Waals surface area (Å²) in [6, 6.07) is 21.5. The summed E-state index contributed by atoms with van der Waals surface area (Å²) in [6.07, 6.45) is 0. The van der Waals surface area contributed by atoms with Gasteiger partial charge >= 0.3 is 0 Å². The van der Waals surface area contributed by atoms with Crippen LogP contribution in [0.5, 0.6) is 5.75 Å². The van der Waals surface area contributed by atoms with Gasteiger partial charge in [0.2, 0.25) is 15.9 Å². The summed E-state index contributed by atoms with van der Waals surface area (Å²) in [5, 5.41) is 3.36. The molecule has 1 fully saturated rings. The topological polar surface area (TPSA) is 82.2 Å². The maximum Gasteiger partial charge on any atom is 0.243 e. The lowest BCUT2D eigenvalue weighted by Gasteiger charge is -2.32. The molecule has 1 N–H and O–H groups in total. The normalized spacial score (nSPS) is 14.8. The van der Waals surface area contributed by atoms with E-state index in [4.69, 9.17) is 16.3 Å². The molecule has 0 radical (unpaired) electrons. The Kier molecular flexibility index (Phi) is 11.4. The van der Waals surface area contributed by atoms with Crippen LogP contribution in [0.1, 0.15) is 30.5 Å². The van der Waals surface area contributed by atoms with Gasteiger partial charge in [-0.15, -0.1) is 0 Å². The maximum atomic E-state index is 13.9. The van der Waals surface area contributed by atoms with Crippen molar-refractivity contribution in [1.82, 2.24) is 19.4 Å². The Morgan fingerprint density at radius 3 is 2.24 bits per heavy atom. The van der Waals surface area contributed by atoms with Crippen molar-refractivity contribution in [3.8, 4) is 5.75 Å². The highest BCUT2D eigenvalue weighted by molar-refractivity contribution is 7.89. The van der Waals surface area contributed by atoms with E-state index >= 15 is 0 Å². The minimum Gasteiger partial charge on any atom is -0.493 e. The third kappa shape index (κ3) is 9.28. The second kappa shape index (κ2) is 15.0. The Morgan fingerprint density at radius 1 is 0.952 bits per heavy atom. The fourth-order valence-corrected chi connectivity index (χ4v) is 6.20. The summed E-state index contributed by atoms with van der Waals surface area (Å²) in [5.41, 5.74) is 2.57. The number of nitrogens with zero attached hydrogens (tertiary/aromatic N) is 3. The number of carbonyl (C=O) groups excluding carboxylic acids is 1. The molecule has 42 heavy (non-hydrogen) atoms. The highest BCUT2D eigenvalue weighted by Gasteiger charge is 2.27. The van der Waals surface area contributed by atoms with Crippen molar-refractivity contribution in [2.75, 3.05) is 46.4 Å². The van der Waals surface area contributed by atoms with E-state index in [0.717, 1.165) is 55.2 Å². The quantitative estimate of drug-likeness (QED) is 0.303. The van der Waals surface area contributed by atoms with Crippen molar-refractivity contribution in [2.45, 2.75) is 38.4 Å². The molecule has 1 saturated heterocycles. The Morgan fingerprint density at radius 2 is 1.60 bits per heavy atom. The van der Waals surface area contributed by atoms with Gasteiger partial charge in [0.1, 0.15) is 5.75 Å². The summed E-state index contributed by atoms with van der Waals surface area (Å²) >= 11 is 6.23. The predicted octanol–water partition coefficient (Wildman–Crippen LogP) is 4.63. The third-order valence-corrected chi connectivity index (χ3v) is 9.36. The molecule has 4 rings (SSSR count). The van der Waals surface area contributed by atoms with Crippen LogP contribution in [-0.4, -0.2) is 74.8 Å². The number of ether oxygens (including phenoxy) is 1. The molecule has 3 aromatic rings. The molecule has 0 aliphatic carbocycles. The first-order valence-electron chi connectivity index (χ1n) is 14.3. The number of hydrogen-bond acceptors (Lipinski definition) is 6. The molecule has 0 spiro atoms. The number of piperazine rings is 1. The first-order chi connectivity index (χ1) is 20.1. The first kappa shape index (κ1) is 32.0. The number of amides is 1. The molecule has 226 valence electrons. The van der Waals surface area contributed by atoms with E-state index in [0.29, 0.717) is 17.5 Å². The van der Waals surface area contributed by atoms with Gasteiger partial charge in [-0.2, -0.15) is 4.31 Å². The molecule has 0 bridgehead atoms. The van der Waals surface area contributed by atoms with Crippen LogP contribution in [0, 0.1) is 5.92 Å². The van der Waals surface area contributed by atoms with Crippen molar-refractivity contribution in [2.24, 2.45) is 5.92 Å². The zero-order chi connectivity index (χ0) is 30.1. The SMILES string of the molecule is CC(C)COc1ccc(CN(CC(=O)NCc2ccccc2Cl)S(=O)(=O)c2ccc(CN3CCN(C)CC3)cc2)cc1. The lowest BCUT2D eigenvalue weighted by atomic mass is 10.2. The van der Waals surface area contributed by atoms with E-state index in [1.165, 1.54) is 4.31 Å². The predicted molar refractivity (Wildman–Crippen MR) is 167 cm³/mol. The molecule has 0 aromatic heterocycles. The Bertz CT molecular complexity index is 1410. The van der Waals surface area contributed by atoms with E-state index in [1.54, 1.807) is 18.2 Å². The molecule has 1 heterocycles. The smallest absolute Gasteiger partial charge is 0.243 e. The summed E-state index contributed by atoms with van der Waals surface area (Å²) in [6.45, 7) is 9.43. The summed E-state index contributed by atoms with van der Waals surface area (Å²) in [4.78, 5) is 17.8. The molecule has 0 unspecified atom stereocenters. The fraction of sp³-hybridized carbons (Fsp3) is 0.406. The molecule has 0 atom stereocenters. The van der Waals surface area contributed by atoms with Gasteiger partial charge < -0.3 is 15.0 Å². The van der Waals surface area contributed by atoms with Crippen LogP contribution in [0.3, 0.4) is 0 Å². The number of likely N-dealkylation sites (N-methyl/N-ethyl adjacent to an activating group) is 1. The van der Waals surface area contributed by atoms with Crippen LogP contribution in [0.25, 0.3) is 0 Å². The van der Waals surface area contributed by atoms with Crippen LogP contribution in [0.15, 0.2) is 77.7 Å². The molecular weight excluding hydrogens is 572 g/mol. The highest BCUT2D eigenvalue weighted by atomic mass is 35.5. The second-order valence-electron chi connectivity index (χ2n) is 11.2. The lowest BCUT2D eigenvalue weighted by molar-refractivity contribution is -0.121. The van der Waals surface area contributed by atoms with Gasteiger partial charge in [0.25, 0.3) is 0 Å². The number of benzene rings is 3. The van der Waals surface area contributed by atoms with Crippen LogP contribution < -0.4 is 10.1 Å². The average molecular weight is 613 g/mol. The van der Waals surface area contributed by atoms with Crippen molar-refractivity contribution in [3.05, 3.63) is 94.5 Å². The van der Waals surface area contributed by atoms with Gasteiger partial charge in [0, 0.05) is 50.8 Å². The Hall–Kier alpha value is -2.95. The van der Waals surface area contributed by atoms with Crippen molar-refractivity contribution in [3.63, 3.8) is 0 Å². The Labute approximate surface area is 255 Å². The van der Waals surface area contributed by atoms with E-state index in [9.17, 15) is 13.2 Å². The van der Waals surface area contributed by atoms with E-state index < -0.39 is 15.9 Å². The van der Waals surface area contributed by atoms with Crippen molar-refractivity contribution >= 4 is 27.5 Å². The fourth-order valence-electron chi connectivity index (χ4n) is 4.62. The molecule has 8 nitrogen and oxygen atoms in total. The van der Waals surface area contributed by atoms with Crippen molar-refractivity contribution in [1.29, 1.82) is 0 Å². The minimum absolute atomic E-state index is 0.0371. The van der Waals surface area contributed by atoms with Crippen LogP contribution >= 0.6 is 11.6 Å². The van der Waals surface area contributed by atoms with E-state index in [-0.39, 0.29) is 24.5 Å². The molecule has 3 aromatic carbocycles. The third-order valence-electron chi connectivity index (χ3n) is 7.18. The maximum absolute atomic E-state index is 13.9. The van der Waals surface area contributed by atoms with Gasteiger partial charge in [0.15, 0.2) is 0 Å². The molecular formula is C32H41ClN4O4S. The minimum atomic E-state index is -3.98. The van der Waals surface area contributed by atoms with Gasteiger partial charge in [0.05, 0.1) is 18.0 Å². The highest BCUT2D eigenvalue weighted by Crippen LogP contribution is 2.22. The van der Waals surface area contributed by atoms with Crippen molar-refractivity contribution < 1.29 is 17.9 Å². The number of hydrogen-bond donors (Lipinski definition) is 1. The number of sulfonamides is 1. The number of halogens is 1. The number of rotatable bonds is 13. The molecule has 10 heteroatoms.